The molecule has 72 valence electrons. The van der Waals surface area contributed by atoms with Crippen LogP contribution in [0, 0.1) is 5.92 Å². The van der Waals surface area contributed by atoms with Crippen molar-refractivity contribution in [1.82, 2.24) is 4.98 Å². The Morgan fingerprint density at radius 1 is 1.54 bits per heavy atom. The van der Waals surface area contributed by atoms with E-state index in [4.69, 9.17) is 5.73 Å². The molecule has 0 aliphatic rings. The van der Waals surface area contributed by atoms with E-state index in [9.17, 15) is 0 Å². The van der Waals surface area contributed by atoms with Gasteiger partial charge in [-0.25, -0.2) is 0 Å². The molecule has 0 saturated heterocycles. The average Bonchev–Trinajstić information content (AvgIpc) is 2.08. The van der Waals surface area contributed by atoms with Crippen LogP contribution in [0.25, 0.3) is 0 Å². The Bertz CT molecular complexity index is 258. The van der Waals surface area contributed by atoms with Crippen molar-refractivity contribution in [2.75, 3.05) is 17.6 Å². The second-order valence-corrected chi connectivity index (χ2v) is 3.57. The summed E-state index contributed by atoms with van der Waals surface area (Å²) >= 11 is 0. The maximum absolute atomic E-state index is 5.71. The first-order chi connectivity index (χ1) is 6.20. The lowest BCUT2D eigenvalue weighted by Crippen LogP contribution is -2.06. The third kappa shape index (κ3) is 3.32. The average molecular weight is 179 g/mol. The highest BCUT2D eigenvalue weighted by Gasteiger charge is 1.97. The molecule has 0 fully saturated rings. The SMILES string of the molecule is CC(C)CCNc1ccncc1N. The molecule has 0 radical (unpaired) electrons. The van der Waals surface area contributed by atoms with Gasteiger partial charge in [0, 0.05) is 12.7 Å². The van der Waals surface area contributed by atoms with Crippen LogP contribution < -0.4 is 11.1 Å². The fourth-order valence-corrected chi connectivity index (χ4v) is 1.06. The molecule has 3 nitrogen and oxygen atoms in total. The van der Waals surface area contributed by atoms with Crippen molar-refractivity contribution >= 4 is 11.4 Å². The maximum atomic E-state index is 5.71. The van der Waals surface area contributed by atoms with Crippen LogP contribution in [0.4, 0.5) is 11.4 Å². The van der Waals surface area contributed by atoms with Crippen molar-refractivity contribution in [3.63, 3.8) is 0 Å². The summed E-state index contributed by atoms with van der Waals surface area (Å²) in [5.74, 6) is 0.718. The van der Waals surface area contributed by atoms with Crippen LogP contribution >= 0.6 is 0 Å². The van der Waals surface area contributed by atoms with Crippen LogP contribution in [0.15, 0.2) is 18.5 Å². The van der Waals surface area contributed by atoms with Crippen molar-refractivity contribution in [3.8, 4) is 0 Å². The molecular weight excluding hydrogens is 162 g/mol. The van der Waals surface area contributed by atoms with Gasteiger partial charge >= 0.3 is 0 Å². The van der Waals surface area contributed by atoms with Crippen molar-refractivity contribution < 1.29 is 0 Å². The smallest absolute Gasteiger partial charge is 0.0736 e. The molecule has 1 rings (SSSR count). The molecule has 13 heavy (non-hydrogen) atoms. The molecule has 0 saturated carbocycles. The molecule has 3 N–H and O–H groups in total. The lowest BCUT2D eigenvalue weighted by Gasteiger charge is -2.09. The second-order valence-electron chi connectivity index (χ2n) is 3.57. The van der Waals surface area contributed by atoms with E-state index in [-0.39, 0.29) is 0 Å². The molecular formula is C10H17N3. The first-order valence-corrected chi connectivity index (χ1v) is 4.63. The Morgan fingerprint density at radius 3 is 2.92 bits per heavy atom. The highest BCUT2D eigenvalue weighted by Crippen LogP contribution is 2.15. The predicted molar refractivity (Wildman–Crippen MR) is 56.6 cm³/mol. The van der Waals surface area contributed by atoms with Gasteiger partial charge in [-0.05, 0) is 18.4 Å². The van der Waals surface area contributed by atoms with E-state index in [2.05, 4.69) is 24.1 Å². The lowest BCUT2D eigenvalue weighted by molar-refractivity contribution is 0.607. The molecule has 0 unspecified atom stereocenters. The maximum Gasteiger partial charge on any atom is 0.0736 e. The Labute approximate surface area is 79.4 Å². The summed E-state index contributed by atoms with van der Waals surface area (Å²) in [6.07, 6.45) is 4.56. The van der Waals surface area contributed by atoms with Gasteiger partial charge in [0.15, 0.2) is 0 Å². The quantitative estimate of drug-likeness (QED) is 0.744. The summed E-state index contributed by atoms with van der Waals surface area (Å²) in [5, 5.41) is 3.28. The Balaban J connectivity index is 2.41. The van der Waals surface area contributed by atoms with Crippen LogP contribution in [-0.2, 0) is 0 Å². The second kappa shape index (κ2) is 4.70. The first kappa shape index (κ1) is 9.84. The zero-order valence-electron chi connectivity index (χ0n) is 8.25. The van der Waals surface area contributed by atoms with Gasteiger partial charge in [-0.15, -0.1) is 0 Å². The minimum absolute atomic E-state index is 0.714. The molecule has 3 heteroatoms. The van der Waals surface area contributed by atoms with Crippen LogP contribution in [0.1, 0.15) is 20.3 Å². The summed E-state index contributed by atoms with van der Waals surface area (Å²) in [4.78, 5) is 3.92. The van der Waals surface area contributed by atoms with Crippen molar-refractivity contribution in [2.24, 2.45) is 5.92 Å². The van der Waals surface area contributed by atoms with E-state index in [1.165, 1.54) is 0 Å². The van der Waals surface area contributed by atoms with Crippen LogP contribution in [0.5, 0.6) is 0 Å². The largest absolute Gasteiger partial charge is 0.396 e. The Kier molecular flexibility index (Phi) is 3.55. The molecule has 0 bridgehead atoms. The molecule has 0 aliphatic carbocycles. The number of nitrogens with zero attached hydrogens (tertiary/aromatic N) is 1. The zero-order valence-corrected chi connectivity index (χ0v) is 8.25. The van der Waals surface area contributed by atoms with Gasteiger partial charge in [-0.1, -0.05) is 13.8 Å². The Morgan fingerprint density at radius 2 is 2.31 bits per heavy atom. The summed E-state index contributed by atoms with van der Waals surface area (Å²) in [6, 6.07) is 1.90. The van der Waals surface area contributed by atoms with E-state index in [0.717, 1.165) is 24.6 Å². The first-order valence-electron chi connectivity index (χ1n) is 4.63. The van der Waals surface area contributed by atoms with Gasteiger partial charge in [0.05, 0.1) is 17.6 Å². The molecule has 0 atom stereocenters. The van der Waals surface area contributed by atoms with Gasteiger partial charge in [0.25, 0.3) is 0 Å². The molecule has 0 aromatic carbocycles. The molecule has 0 spiro atoms. The number of aromatic nitrogens is 1. The van der Waals surface area contributed by atoms with Crippen LogP contribution in [-0.4, -0.2) is 11.5 Å². The summed E-state index contributed by atoms with van der Waals surface area (Å²) in [6.45, 7) is 5.38. The van der Waals surface area contributed by atoms with Gasteiger partial charge < -0.3 is 11.1 Å². The van der Waals surface area contributed by atoms with Gasteiger partial charge in [0.2, 0.25) is 0 Å². The van der Waals surface area contributed by atoms with Gasteiger partial charge in [-0.3, -0.25) is 4.98 Å². The topological polar surface area (TPSA) is 50.9 Å². The number of nitrogen functional groups attached to an aromatic ring is 1. The molecule has 1 heterocycles. The zero-order chi connectivity index (χ0) is 9.68. The monoisotopic (exact) mass is 179 g/mol. The van der Waals surface area contributed by atoms with Crippen LogP contribution in [0.3, 0.4) is 0 Å². The third-order valence-corrected chi connectivity index (χ3v) is 1.89. The number of pyridine rings is 1. The molecule has 0 amide bonds. The standard InChI is InChI=1S/C10H17N3/c1-8(2)3-6-13-10-4-5-12-7-9(10)11/h4-5,7-8H,3,6,11H2,1-2H3,(H,12,13). The van der Waals surface area contributed by atoms with E-state index in [1.807, 2.05) is 6.07 Å². The normalized spacial score (nSPS) is 10.4. The van der Waals surface area contributed by atoms with Crippen molar-refractivity contribution in [2.45, 2.75) is 20.3 Å². The van der Waals surface area contributed by atoms with E-state index in [0.29, 0.717) is 5.69 Å². The Hall–Kier alpha value is -1.25. The summed E-state index contributed by atoms with van der Waals surface area (Å²) < 4.78 is 0. The number of anilines is 2. The summed E-state index contributed by atoms with van der Waals surface area (Å²) in [5.41, 5.74) is 7.41. The van der Waals surface area contributed by atoms with Crippen LogP contribution in [0.2, 0.25) is 0 Å². The molecule has 0 aliphatic heterocycles. The number of nitrogens with two attached hydrogens (primary N) is 1. The highest BCUT2D eigenvalue weighted by molar-refractivity contribution is 5.63. The fraction of sp³-hybridized carbons (Fsp3) is 0.500. The minimum Gasteiger partial charge on any atom is -0.396 e. The van der Waals surface area contributed by atoms with E-state index < -0.39 is 0 Å². The van der Waals surface area contributed by atoms with Crippen molar-refractivity contribution in [3.05, 3.63) is 18.5 Å². The van der Waals surface area contributed by atoms with E-state index >= 15 is 0 Å². The predicted octanol–water partition coefficient (Wildman–Crippen LogP) is 2.12. The number of hydrogen-bond acceptors (Lipinski definition) is 3. The molecule has 1 aromatic heterocycles. The number of hydrogen-bond donors (Lipinski definition) is 2. The fourth-order valence-electron chi connectivity index (χ4n) is 1.06. The third-order valence-electron chi connectivity index (χ3n) is 1.89. The van der Waals surface area contributed by atoms with Crippen molar-refractivity contribution in [1.29, 1.82) is 0 Å². The minimum atomic E-state index is 0.714. The summed E-state index contributed by atoms with van der Waals surface area (Å²) in [7, 11) is 0. The lowest BCUT2D eigenvalue weighted by atomic mass is 10.1. The number of nitrogens with one attached hydrogen (secondary N) is 1. The highest BCUT2D eigenvalue weighted by atomic mass is 14.9. The number of rotatable bonds is 4. The molecule has 1 aromatic rings. The van der Waals surface area contributed by atoms with E-state index in [1.54, 1.807) is 12.4 Å². The van der Waals surface area contributed by atoms with Gasteiger partial charge in [0.1, 0.15) is 0 Å². The van der Waals surface area contributed by atoms with Gasteiger partial charge in [-0.2, -0.15) is 0 Å².